The maximum Gasteiger partial charge on any atom is 0.119 e. The second-order valence-electron chi connectivity index (χ2n) is 4.28. The van der Waals surface area contributed by atoms with Gasteiger partial charge in [-0.15, -0.1) is 0 Å². The normalized spacial score (nSPS) is 17.1. The number of ether oxygens (including phenoxy) is 2. The van der Waals surface area contributed by atoms with Crippen molar-refractivity contribution in [2.24, 2.45) is 11.7 Å². The Morgan fingerprint density at radius 2 is 2.25 bits per heavy atom. The molecule has 0 spiro atoms. The summed E-state index contributed by atoms with van der Waals surface area (Å²) in [6, 6.07) is 7.92. The first-order valence-corrected chi connectivity index (χ1v) is 5.79. The Morgan fingerprint density at radius 1 is 1.44 bits per heavy atom. The van der Waals surface area contributed by atoms with E-state index in [0.717, 1.165) is 23.8 Å². The lowest BCUT2D eigenvalue weighted by Crippen LogP contribution is -2.17. The molecule has 1 saturated carbocycles. The SMILES string of the molecule is COc1cccc(C(CN)OCC2CC2)c1. The molecule has 3 heteroatoms. The second kappa shape index (κ2) is 5.32. The summed E-state index contributed by atoms with van der Waals surface area (Å²) in [6.45, 7) is 1.35. The third-order valence-electron chi connectivity index (χ3n) is 2.91. The summed E-state index contributed by atoms with van der Waals surface area (Å²) in [4.78, 5) is 0. The van der Waals surface area contributed by atoms with Gasteiger partial charge in [0, 0.05) is 6.54 Å². The molecule has 2 rings (SSSR count). The molecule has 1 aromatic carbocycles. The Morgan fingerprint density at radius 3 is 2.88 bits per heavy atom. The number of hydrogen-bond acceptors (Lipinski definition) is 3. The van der Waals surface area contributed by atoms with E-state index in [-0.39, 0.29) is 6.10 Å². The minimum atomic E-state index is -0.00398. The van der Waals surface area contributed by atoms with Gasteiger partial charge in [-0.25, -0.2) is 0 Å². The number of nitrogens with two attached hydrogens (primary N) is 1. The van der Waals surface area contributed by atoms with Crippen LogP contribution >= 0.6 is 0 Å². The summed E-state index contributed by atoms with van der Waals surface area (Å²) in [5.74, 6) is 1.62. The van der Waals surface area contributed by atoms with E-state index in [4.69, 9.17) is 15.2 Å². The van der Waals surface area contributed by atoms with Crippen molar-refractivity contribution in [3.8, 4) is 5.75 Å². The molecule has 0 saturated heterocycles. The molecule has 0 amide bonds. The predicted molar refractivity (Wildman–Crippen MR) is 63.5 cm³/mol. The molecule has 1 aromatic rings. The van der Waals surface area contributed by atoms with Gasteiger partial charge in [-0.05, 0) is 36.5 Å². The molecule has 1 unspecified atom stereocenters. The van der Waals surface area contributed by atoms with Gasteiger partial charge in [0.25, 0.3) is 0 Å². The Hall–Kier alpha value is -1.06. The summed E-state index contributed by atoms with van der Waals surface area (Å²) in [5.41, 5.74) is 6.84. The summed E-state index contributed by atoms with van der Waals surface area (Å²) in [6.07, 6.45) is 2.60. The molecule has 3 nitrogen and oxygen atoms in total. The van der Waals surface area contributed by atoms with Crippen LogP contribution in [0.3, 0.4) is 0 Å². The molecule has 1 aliphatic carbocycles. The Bertz CT molecular complexity index is 336. The third kappa shape index (κ3) is 2.97. The maximum absolute atomic E-state index is 5.82. The average molecular weight is 221 g/mol. The number of benzene rings is 1. The van der Waals surface area contributed by atoms with Crippen molar-refractivity contribution >= 4 is 0 Å². The van der Waals surface area contributed by atoms with E-state index in [1.54, 1.807) is 7.11 Å². The molecule has 0 aliphatic heterocycles. The van der Waals surface area contributed by atoms with Crippen LogP contribution < -0.4 is 10.5 Å². The highest BCUT2D eigenvalue weighted by Gasteiger charge is 2.23. The zero-order valence-electron chi connectivity index (χ0n) is 9.69. The van der Waals surface area contributed by atoms with Crippen molar-refractivity contribution in [3.63, 3.8) is 0 Å². The number of hydrogen-bond donors (Lipinski definition) is 1. The summed E-state index contributed by atoms with van der Waals surface area (Å²) in [5, 5.41) is 0. The van der Waals surface area contributed by atoms with Crippen molar-refractivity contribution in [3.05, 3.63) is 29.8 Å². The van der Waals surface area contributed by atoms with Crippen molar-refractivity contribution in [1.29, 1.82) is 0 Å². The van der Waals surface area contributed by atoms with Gasteiger partial charge in [0.2, 0.25) is 0 Å². The highest BCUT2D eigenvalue weighted by atomic mass is 16.5. The first kappa shape index (κ1) is 11.4. The zero-order valence-corrected chi connectivity index (χ0v) is 9.69. The van der Waals surface area contributed by atoms with Gasteiger partial charge in [-0.2, -0.15) is 0 Å². The van der Waals surface area contributed by atoms with Gasteiger partial charge < -0.3 is 15.2 Å². The standard InChI is InChI=1S/C13H19NO2/c1-15-12-4-2-3-11(7-12)13(8-14)16-9-10-5-6-10/h2-4,7,10,13H,5-6,8-9,14H2,1H3. The molecule has 0 bridgehead atoms. The predicted octanol–water partition coefficient (Wildman–Crippen LogP) is 2.12. The third-order valence-corrected chi connectivity index (χ3v) is 2.91. The van der Waals surface area contributed by atoms with E-state index >= 15 is 0 Å². The lowest BCUT2D eigenvalue weighted by atomic mass is 10.1. The first-order valence-electron chi connectivity index (χ1n) is 5.79. The van der Waals surface area contributed by atoms with E-state index in [9.17, 15) is 0 Å². The van der Waals surface area contributed by atoms with Crippen LogP contribution in [0.15, 0.2) is 24.3 Å². The van der Waals surface area contributed by atoms with Crippen LogP contribution in [0.2, 0.25) is 0 Å². The summed E-state index contributed by atoms with van der Waals surface area (Å²) < 4.78 is 11.0. The fraction of sp³-hybridized carbons (Fsp3) is 0.538. The average Bonchev–Trinajstić information content (AvgIpc) is 3.14. The van der Waals surface area contributed by atoms with E-state index in [2.05, 4.69) is 0 Å². The summed E-state index contributed by atoms with van der Waals surface area (Å²) >= 11 is 0. The Labute approximate surface area is 96.5 Å². The smallest absolute Gasteiger partial charge is 0.119 e. The minimum absolute atomic E-state index is 0.00398. The lowest BCUT2D eigenvalue weighted by molar-refractivity contribution is 0.0509. The molecule has 88 valence electrons. The molecule has 1 fully saturated rings. The molecule has 16 heavy (non-hydrogen) atoms. The van der Waals surface area contributed by atoms with Gasteiger partial charge in [-0.3, -0.25) is 0 Å². The van der Waals surface area contributed by atoms with Gasteiger partial charge in [-0.1, -0.05) is 12.1 Å². The molecular weight excluding hydrogens is 202 g/mol. The van der Waals surface area contributed by atoms with E-state index in [1.165, 1.54) is 12.8 Å². The second-order valence-corrected chi connectivity index (χ2v) is 4.28. The highest BCUT2D eigenvalue weighted by Crippen LogP contribution is 2.31. The molecular formula is C13H19NO2. The van der Waals surface area contributed by atoms with E-state index < -0.39 is 0 Å². The Kier molecular flexibility index (Phi) is 3.80. The van der Waals surface area contributed by atoms with Crippen LogP contribution in [-0.4, -0.2) is 20.3 Å². The van der Waals surface area contributed by atoms with Crippen molar-refractivity contribution in [2.75, 3.05) is 20.3 Å². The summed E-state index contributed by atoms with van der Waals surface area (Å²) in [7, 11) is 1.67. The molecule has 2 N–H and O–H groups in total. The molecule has 1 atom stereocenters. The van der Waals surface area contributed by atoms with Crippen LogP contribution in [0, 0.1) is 5.92 Å². The van der Waals surface area contributed by atoms with Crippen LogP contribution in [0.25, 0.3) is 0 Å². The first-order chi connectivity index (χ1) is 7.83. The largest absolute Gasteiger partial charge is 0.497 e. The van der Waals surface area contributed by atoms with Crippen molar-refractivity contribution < 1.29 is 9.47 Å². The minimum Gasteiger partial charge on any atom is -0.497 e. The topological polar surface area (TPSA) is 44.5 Å². The van der Waals surface area contributed by atoms with Crippen LogP contribution in [0.1, 0.15) is 24.5 Å². The van der Waals surface area contributed by atoms with Crippen molar-refractivity contribution in [1.82, 2.24) is 0 Å². The van der Waals surface area contributed by atoms with Crippen LogP contribution in [0.5, 0.6) is 5.75 Å². The van der Waals surface area contributed by atoms with E-state index in [1.807, 2.05) is 24.3 Å². The Balaban J connectivity index is 1.99. The van der Waals surface area contributed by atoms with Crippen molar-refractivity contribution in [2.45, 2.75) is 18.9 Å². The fourth-order valence-corrected chi connectivity index (χ4v) is 1.68. The van der Waals surface area contributed by atoms with Gasteiger partial charge in [0.1, 0.15) is 5.75 Å². The quantitative estimate of drug-likeness (QED) is 0.800. The highest BCUT2D eigenvalue weighted by molar-refractivity contribution is 5.30. The van der Waals surface area contributed by atoms with Gasteiger partial charge in [0.05, 0.1) is 19.8 Å². The number of rotatable bonds is 6. The lowest BCUT2D eigenvalue weighted by Gasteiger charge is -2.16. The zero-order chi connectivity index (χ0) is 11.4. The molecule has 0 aromatic heterocycles. The van der Waals surface area contributed by atoms with Gasteiger partial charge in [0.15, 0.2) is 0 Å². The van der Waals surface area contributed by atoms with Gasteiger partial charge >= 0.3 is 0 Å². The van der Waals surface area contributed by atoms with Crippen LogP contribution in [0.4, 0.5) is 0 Å². The number of methoxy groups -OCH3 is 1. The molecule has 1 aliphatic rings. The monoisotopic (exact) mass is 221 g/mol. The molecule has 0 heterocycles. The van der Waals surface area contributed by atoms with Crippen LogP contribution in [-0.2, 0) is 4.74 Å². The van der Waals surface area contributed by atoms with E-state index in [0.29, 0.717) is 6.54 Å². The fourth-order valence-electron chi connectivity index (χ4n) is 1.68. The maximum atomic E-state index is 5.82. The molecule has 0 radical (unpaired) electrons.